The number of aromatic nitrogens is 4. The highest BCUT2D eigenvalue weighted by atomic mass is 32.1. The highest BCUT2D eigenvalue weighted by Gasteiger charge is 2.30. The molecule has 6 rings (SSSR count). The molecule has 0 aliphatic carbocycles. The molecule has 0 saturated carbocycles. The number of ether oxygens (including phenoxy) is 1. The Balaban J connectivity index is 1.33. The average molecular weight is 546 g/mol. The monoisotopic (exact) mass is 545 g/mol. The Morgan fingerprint density at radius 2 is 1.67 bits per heavy atom. The van der Waals surface area contributed by atoms with Gasteiger partial charge in [-0.1, -0.05) is 48.5 Å². The van der Waals surface area contributed by atoms with Gasteiger partial charge in [-0.15, -0.1) is 11.3 Å². The molecule has 0 radical (unpaired) electrons. The Morgan fingerprint density at radius 3 is 2.46 bits per heavy atom. The third kappa shape index (κ3) is 5.28. The van der Waals surface area contributed by atoms with Gasteiger partial charge in [0, 0.05) is 21.0 Å². The van der Waals surface area contributed by atoms with Gasteiger partial charge in [-0.05, 0) is 35.9 Å². The van der Waals surface area contributed by atoms with Gasteiger partial charge in [0.25, 0.3) is 0 Å². The van der Waals surface area contributed by atoms with Crippen molar-refractivity contribution in [1.82, 2.24) is 19.5 Å². The van der Waals surface area contributed by atoms with E-state index in [1.807, 2.05) is 58.5 Å². The summed E-state index contributed by atoms with van der Waals surface area (Å²) in [4.78, 5) is 14.2. The van der Waals surface area contributed by atoms with E-state index in [-0.39, 0.29) is 0 Å². The second kappa shape index (κ2) is 10.4. The largest absolute Gasteiger partial charge is 0.492 e. The van der Waals surface area contributed by atoms with Crippen molar-refractivity contribution < 1.29 is 17.9 Å². The van der Waals surface area contributed by atoms with Crippen molar-refractivity contribution in [3.05, 3.63) is 102 Å². The molecule has 10 heteroatoms. The number of fused-ring (bicyclic) bond motifs is 2. The summed E-state index contributed by atoms with van der Waals surface area (Å²) >= 11 is 1.62. The van der Waals surface area contributed by atoms with Gasteiger partial charge in [0.2, 0.25) is 0 Å². The van der Waals surface area contributed by atoms with E-state index < -0.39 is 11.7 Å². The second-order valence-corrected chi connectivity index (χ2v) is 9.78. The molecule has 0 unspecified atom stereocenters. The summed E-state index contributed by atoms with van der Waals surface area (Å²) < 4.78 is 47.8. The molecule has 3 aromatic carbocycles. The zero-order chi connectivity index (χ0) is 26.8. The standard InChI is InChI=1S/C29H22F3N5OS/c30-29(31,32)20-12-10-19(11-13-20)16-37-18-34-25-27(33-14-15-38-21-6-2-1-3-7-21)35-26(36-28(25)37)23-17-39-24-9-5-4-8-22(23)24/h1-13,17-18H,14-16H2,(H,33,35,36). The maximum absolute atomic E-state index is 13.0. The van der Waals surface area contributed by atoms with Gasteiger partial charge in [-0.3, -0.25) is 0 Å². The molecular weight excluding hydrogens is 523 g/mol. The number of hydrogen-bond acceptors (Lipinski definition) is 6. The molecule has 3 aromatic heterocycles. The topological polar surface area (TPSA) is 64.9 Å². The number of hydrogen-bond donors (Lipinski definition) is 1. The van der Waals surface area contributed by atoms with Crippen LogP contribution in [0.3, 0.4) is 0 Å². The number of para-hydroxylation sites is 1. The quantitative estimate of drug-likeness (QED) is 0.204. The molecule has 0 saturated heterocycles. The first kappa shape index (κ1) is 24.9. The smallest absolute Gasteiger partial charge is 0.416 e. The summed E-state index contributed by atoms with van der Waals surface area (Å²) in [6.45, 7) is 1.21. The zero-order valence-corrected chi connectivity index (χ0v) is 21.3. The predicted molar refractivity (Wildman–Crippen MR) is 147 cm³/mol. The Hall–Kier alpha value is -4.44. The number of halogens is 3. The molecule has 0 fully saturated rings. The minimum absolute atomic E-state index is 0.312. The molecule has 0 spiro atoms. The van der Waals surface area contributed by atoms with E-state index in [4.69, 9.17) is 14.7 Å². The third-order valence-corrected chi connectivity index (χ3v) is 7.19. The molecular formula is C29H22F3N5OS. The first-order valence-corrected chi connectivity index (χ1v) is 13.1. The summed E-state index contributed by atoms with van der Waals surface area (Å²) in [6.07, 6.45) is -2.74. The Morgan fingerprint density at radius 1 is 0.897 bits per heavy atom. The molecule has 0 atom stereocenters. The molecule has 3 heterocycles. The van der Waals surface area contributed by atoms with Crippen molar-refractivity contribution in [2.45, 2.75) is 12.7 Å². The van der Waals surface area contributed by atoms with Crippen LogP contribution in [0.2, 0.25) is 0 Å². The summed E-state index contributed by atoms with van der Waals surface area (Å²) in [7, 11) is 0. The van der Waals surface area contributed by atoms with Crippen LogP contribution in [0, 0.1) is 0 Å². The Labute approximate surface area is 225 Å². The molecule has 0 amide bonds. The number of nitrogens with one attached hydrogen (secondary N) is 1. The molecule has 1 N–H and O–H groups in total. The molecule has 6 aromatic rings. The van der Waals surface area contributed by atoms with Gasteiger partial charge < -0.3 is 14.6 Å². The van der Waals surface area contributed by atoms with Gasteiger partial charge in [-0.25, -0.2) is 15.0 Å². The van der Waals surface area contributed by atoms with E-state index in [0.717, 1.165) is 33.5 Å². The lowest BCUT2D eigenvalue weighted by molar-refractivity contribution is -0.137. The highest BCUT2D eigenvalue weighted by molar-refractivity contribution is 7.17. The first-order valence-electron chi connectivity index (χ1n) is 12.2. The van der Waals surface area contributed by atoms with Crippen LogP contribution in [0.4, 0.5) is 19.0 Å². The predicted octanol–water partition coefficient (Wildman–Crippen LogP) is 7.27. The number of alkyl halides is 3. The minimum Gasteiger partial charge on any atom is -0.492 e. The van der Waals surface area contributed by atoms with Crippen molar-refractivity contribution in [2.75, 3.05) is 18.5 Å². The van der Waals surface area contributed by atoms with Gasteiger partial charge in [0.1, 0.15) is 17.9 Å². The fourth-order valence-electron chi connectivity index (χ4n) is 4.31. The average Bonchev–Trinajstić information content (AvgIpc) is 3.56. The molecule has 0 bridgehead atoms. The minimum atomic E-state index is -4.38. The van der Waals surface area contributed by atoms with Gasteiger partial charge >= 0.3 is 6.18 Å². The lowest BCUT2D eigenvalue weighted by Gasteiger charge is -2.11. The van der Waals surface area contributed by atoms with Crippen molar-refractivity contribution in [2.24, 2.45) is 0 Å². The van der Waals surface area contributed by atoms with E-state index in [1.54, 1.807) is 17.7 Å². The fraction of sp³-hybridized carbons (Fsp3) is 0.138. The molecule has 0 aliphatic heterocycles. The maximum atomic E-state index is 13.0. The van der Waals surface area contributed by atoms with Crippen LogP contribution >= 0.6 is 11.3 Å². The summed E-state index contributed by atoms with van der Waals surface area (Å²) in [5.74, 6) is 1.88. The number of nitrogens with zero attached hydrogens (tertiary/aromatic N) is 4. The summed E-state index contributed by atoms with van der Waals surface area (Å²) in [5.41, 5.74) is 2.09. The van der Waals surface area contributed by atoms with E-state index in [1.165, 1.54) is 12.1 Å². The molecule has 196 valence electrons. The van der Waals surface area contributed by atoms with Crippen molar-refractivity contribution in [3.8, 4) is 17.1 Å². The normalized spacial score (nSPS) is 11.8. The lowest BCUT2D eigenvalue weighted by Crippen LogP contribution is -2.13. The van der Waals surface area contributed by atoms with Crippen molar-refractivity contribution in [1.29, 1.82) is 0 Å². The van der Waals surface area contributed by atoms with Crippen LogP contribution in [0.1, 0.15) is 11.1 Å². The van der Waals surface area contributed by atoms with Crippen LogP contribution in [-0.2, 0) is 12.7 Å². The van der Waals surface area contributed by atoms with E-state index in [9.17, 15) is 13.2 Å². The van der Waals surface area contributed by atoms with Gasteiger partial charge in [0.05, 0.1) is 25.0 Å². The van der Waals surface area contributed by atoms with E-state index in [0.29, 0.717) is 48.1 Å². The number of anilines is 1. The number of rotatable bonds is 8. The van der Waals surface area contributed by atoms with E-state index in [2.05, 4.69) is 16.4 Å². The SMILES string of the molecule is FC(F)(F)c1ccc(Cn2cnc3c(NCCOc4ccccc4)nc(-c4csc5ccccc45)nc32)cc1. The highest BCUT2D eigenvalue weighted by Crippen LogP contribution is 2.34. The number of thiophene rings is 1. The van der Waals surface area contributed by atoms with Crippen molar-refractivity contribution >= 4 is 38.4 Å². The van der Waals surface area contributed by atoms with Crippen LogP contribution in [0.25, 0.3) is 32.6 Å². The van der Waals surface area contributed by atoms with Gasteiger partial charge in [-0.2, -0.15) is 13.2 Å². The van der Waals surface area contributed by atoms with Crippen LogP contribution < -0.4 is 10.1 Å². The van der Waals surface area contributed by atoms with Gasteiger partial charge in [0.15, 0.2) is 17.3 Å². The third-order valence-electron chi connectivity index (χ3n) is 6.23. The van der Waals surface area contributed by atoms with Crippen LogP contribution in [0.5, 0.6) is 5.75 Å². The molecule has 0 aliphatic rings. The van der Waals surface area contributed by atoms with Crippen molar-refractivity contribution in [3.63, 3.8) is 0 Å². The number of imidazole rings is 1. The first-order chi connectivity index (χ1) is 19.0. The Kier molecular flexibility index (Phi) is 6.62. The number of benzene rings is 3. The summed E-state index contributed by atoms with van der Waals surface area (Å²) in [6, 6.07) is 22.7. The van der Waals surface area contributed by atoms with E-state index >= 15 is 0 Å². The second-order valence-electron chi connectivity index (χ2n) is 8.87. The van der Waals surface area contributed by atoms with Crippen LogP contribution in [0.15, 0.2) is 90.6 Å². The summed E-state index contributed by atoms with van der Waals surface area (Å²) in [5, 5.41) is 6.42. The lowest BCUT2D eigenvalue weighted by atomic mass is 10.1. The fourth-order valence-corrected chi connectivity index (χ4v) is 5.24. The Bertz CT molecular complexity index is 1730. The molecule has 6 nitrogen and oxygen atoms in total. The molecule has 39 heavy (non-hydrogen) atoms. The van der Waals surface area contributed by atoms with Crippen LogP contribution in [-0.4, -0.2) is 32.7 Å². The maximum Gasteiger partial charge on any atom is 0.416 e. The zero-order valence-electron chi connectivity index (χ0n) is 20.5.